The van der Waals surface area contributed by atoms with Crippen molar-refractivity contribution in [2.75, 3.05) is 21.3 Å². The van der Waals surface area contributed by atoms with Gasteiger partial charge < -0.3 is 9.47 Å². The van der Waals surface area contributed by atoms with E-state index in [2.05, 4.69) is 0 Å². The van der Waals surface area contributed by atoms with Gasteiger partial charge >= 0.3 is 0 Å². The summed E-state index contributed by atoms with van der Waals surface area (Å²) in [5, 5.41) is 0. The number of nitrogens with zero attached hydrogens (tertiary/aromatic N) is 1. The van der Waals surface area contributed by atoms with Crippen molar-refractivity contribution in [1.82, 2.24) is 4.31 Å². The van der Waals surface area contributed by atoms with Crippen LogP contribution in [0.2, 0.25) is 0 Å². The lowest BCUT2D eigenvalue weighted by atomic mass is 10.2. The fourth-order valence-electron chi connectivity index (χ4n) is 2.31. The fraction of sp³-hybridized carbons (Fsp3) is 0.294. The molecule has 0 heterocycles. The molecule has 6 heteroatoms. The molecule has 0 radical (unpaired) electrons. The second-order valence-corrected chi connectivity index (χ2v) is 7.24. The quantitative estimate of drug-likeness (QED) is 0.814. The monoisotopic (exact) mass is 335 g/mol. The first-order chi connectivity index (χ1) is 10.9. The van der Waals surface area contributed by atoms with Crippen molar-refractivity contribution in [2.24, 2.45) is 0 Å². The maximum atomic E-state index is 12.9. The average molecular weight is 335 g/mol. The SMILES string of the molecule is COc1ccccc1CN(C)S(=O)(=O)c1cc(C)ccc1OC. The summed E-state index contributed by atoms with van der Waals surface area (Å²) in [6, 6.07) is 12.5. The third kappa shape index (κ3) is 3.65. The van der Waals surface area contributed by atoms with Crippen molar-refractivity contribution in [3.8, 4) is 11.5 Å². The lowest BCUT2D eigenvalue weighted by Crippen LogP contribution is -2.27. The summed E-state index contributed by atoms with van der Waals surface area (Å²) in [6.07, 6.45) is 0. The number of hydrogen-bond donors (Lipinski definition) is 0. The molecule has 0 unspecified atom stereocenters. The minimum Gasteiger partial charge on any atom is -0.496 e. The number of benzene rings is 2. The smallest absolute Gasteiger partial charge is 0.246 e. The number of sulfonamides is 1. The molecule has 0 bridgehead atoms. The van der Waals surface area contributed by atoms with Gasteiger partial charge in [-0.15, -0.1) is 0 Å². The van der Waals surface area contributed by atoms with Crippen LogP contribution in [0, 0.1) is 6.92 Å². The van der Waals surface area contributed by atoms with Gasteiger partial charge in [-0.3, -0.25) is 0 Å². The number of rotatable bonds is 6. The molecule has 0 saturated heterocycles. The summed E-state index contributed by atoms with van der Waals surface area (Å²) in [7, 11) is 0.899. The summed E-state index contributed by atoms with van der Waals surface area (Å²) in [4.78, 5) is 0.164. The van der Waals surface area contributed by atoms with Gasteiger partial charge in [-0.1, -0.05) is 24.3 Å². The van der Waals surface area contributed by atoms with Gasteiger partial charge in [0.2, 0.25) is 10.0 Å². The van der Waals surface area contributed by atoms with E-state index in [0.29, 0.717) is 11.5 Å². The van der Waals surface area contributed by atoms with E-state index in [0.717, 1.165) is 11.1 Å². The van der Waals surface area contributed by atoms with Crippen LogP contribution in [0.1, 0.15) is 11.1 Å². The van der Waals surface area contributed by atoms with E-state index < -0.39 is 10.0 Å². The molecule has 0 fully saturated rings. The maximum Gasteiger partial charge on any atom is 0.246 e. The highest BCUT2D eigenvalue weighted by atomic mass is 32.2. The van der Waals surface area contributed by atoms with E-state index in [4.69, 9.17) is 9.47 Å². The molecule has 2 rings (SSSR count). The molecule has 0 N–H and O–H groups in total. The van der Waals surface area contributed by atoms with Crippen LogP contribution < -0.4 is 9.47 Å². The van der Waals surface area contributed by atoms with E-state index in [1.54, 1.807) is 26.3 Å². The molecule has 0 aliphatic rings. The molecule has 124 valence electrons. The van der Waals surface area contributed by atoms with Gasteiger partial charge in [0.1, 0.15) is 16.4 Å². The zero-order valence-corrected chi connectivity index (χ0v) is 14.6. The number of aryl methyl sites for hydroxylation is 1. The Morgan fingerprint density at radius 2 is 1.65 bits per heavy atom. The van der Waals surface area contributed by atoms with E-state index >= 15 is 0 Å². The topological polar surface area (TPSA) is 55.8 Å². The van der Waals surface area contributed by atoms with Crippen LogP contribution >= 0.6 is 0 Å². The van der Waals surface area contributed by atoms with Crippen molar-refractivity contribution in [3.05, 3.63) is 53.6 Å². The van der Waals surface area contributed by atoms with Gasteiger partial charge in [0, 0.05) is 19.2 Å². The Morgan fingerprint density at radius 1 is 1.00 bits per heavy atom. The lowest BCUT2D eigenvalue weighted by Gasteiger charge is -2.20. The second-order valence-electron chi connectivity index (χ2n) is 5.23. The Labute approximate surface area is 137 Å². The first-order valence-electron chi connectivity index (χ1n) is 7.13. The van der Waals surface area contributed by atoms with Gasteiger partial charge in [0.25, 0.3) is 0 Å². The van der Waals surface area contributed by atoms with Crippen molar-refractivity contribution >= 4 is 10.0 Å². The van der Waals surface area contributed by atoms with Crippen molar-refractivity contribution in [3.63, 3.8) is 0 Å². The number of hydrogen-bond acceptors (Lipinski definition) is 4. The van der Waals surface area contributed by atoms with E-state index in [-0.39, 0.29) is 11.4 Å². The predicted molar refractivity (Wildman–Crippen MR) is 89.4 cm³/mol. The van der Waals surface area contributed by atoms with Crippen LogP contribution in [-0.2, 0) is 16.6 Å². The van der Waals surface area contributed by atoms with Crippen LogP contribution in [0.5, 0.6) is 11.5 Å². The van der Waals surface area contributed by atoms with Crippen molar-refractivity contribution < 1.29 is 17.9 Å². The summed E-state index contributed by atoms with van der Waals surface area (Å²) < 4.78 is 37.5. The number of para-hydroxylation sites is 1. The molecule has 0 spiro atoms. The molecule has 2 aromatic carbocycles. The number of ether oxygens (including phenoxy) is 2. The van der Waals surface area contributed by atoms with Gasteiger partial charge in [-0.05, 0) is 30.7 Å². The molecular weight excluding hydrogens is 314 g/mol. The van der Waals surface area contributed by atoms with Crippen LogP contribution in [0.4, 0.5) is 0 Å². The van der Waals surface area contributed by atoms with Gasteiger partial charge in [-0.25, -0.2) is 8.42 Å². The van der Waals surface area contributed by atoms with Crippen molar-refractivity contribution in [2.45, 2.75) is 18.4 Å². The van der Waals surface area contributed by atoms with E-state index in [1.165, 1.54) is 11.4 Å². The highest BCUT2D eigenvalue weighted by Gasteiger charge is 2.25. The summed E-state index contributed by atoms with van der Waals surface area (Å²) in [5.74, 6) is 0.994. The summed E-state index contributed by atoms with van der Waals surface area (Å²) in [6.45, 7) is 2.06. The Kier molecular flexibility index (Phi) is 5.28. The Hall–Kier alpha value is -2.05. The summed E-state index contributed by atoms with van der Waals surface area (Å²) in [5.41, 5.74) is 1.66. The molecule has 0 amide bonds. The standard InChI is InChI=1S/C17H21NO4S/c1-13-9-10-16(22-4)17(11-13)23(19,20)18(2)12-14-7-5-6-8-15(14)21-3/h5-11H,12H2,1-4H3. The molecule has 0 saturated carbocycles. The largest absolute Gasteiger partial charge is 0.496 e. The Morgan fingerprint density at radius 3 is 2.30 bits per heavy atom. The van der Waals surface area contributed by atoms with Crippen LogP contribution in [0.15, 0.2) is 47.4 Å². The van der Waals surface area contributed by atoms with E-state index in [9.17, 15) is 8.42 Å². The average Bonchev–Trinajstić information content (AvgIpc) is 2.55. The predicted octanol–water partition coefficient (Wildman–Crippen LogP) is 2.83. The molecule has 2 aromatic rings. The third-order valence-electron chi connectivity index (χ3n) is 3.59. The van der Waals surface area contributed by atoms with E-state index in [1.807, 2.05) is 37.3 Å². The zero-order chi connectivity index (χ0) is 17.0. The molecule has 5 nitrogen and oxygen atoms in total. The Bertz CT molecular complexity index is 787. The number of methoxy groups -OCH3 is 2. The molecule has 0 atom stereocenters. The molecule has 0 aliphatic heterocycles. The highest BCUT2D eigenvalue weighted by molar-refractivity contribution is 7.89. The minimum atomic E-state index is -3.67. The van der Waals surface area contributed by atoms with Crippen LogP contribution in [0.25, 0.3) is 0 Å². The normalized spacial score (nSPS) is 11.5. The zero-order valence-electron chi connectivity index (χ0n) is 13.7. The first-order valence-corrected chi connectivity index (χ1v) is 8.57. The van der Waals surface area contributed by atoms with Crippen LogP contribution in [0.3, 0.4) is 0 Å². The lowest BCUT2D eigenvalue weighted by molar-refractivity contribution is 0.391. The van der Waals surface area contributed by atoms with Gasteiger partial charge in [0.15, 0.2) is 0 Å². The molecule has 0 aliphatic carbocycles. The molecule has 23 heavy (non-hydrogen) atoms. The minimum absolute atomic E-state index is 0.164. The van der Waals surface area contributed by atoms with Gasteiger partial charge in [0.05, 0.1) is 14.2 Å². The Balaban J connectivity index is 2.38. The highest BCUT2D eigenvalue weighted by Crippen LogP contribution is 2.29. The fourth-order valence-corrected chi connectivity index (χ4v) is 3.70. The molecular formula is C17H21NO4S. The van der Waals surface area contributed by atoms with Crippen molar-refractivity contribution in [1.29, 1.82) is 0 Å². The van der Waals surface area contributed by atoms with Crippen LogP contribution in [-0.4, -0.2) is 34.0 Å². The first kappa shape index (κ1) is 17.3. The maximum absolute atomic E-state index is 12.9. The molecule has 0 aromatic heterocycles. The second kappa shape index (κ2) is 7.02. The van der Waals surface area contributed by atoms with Gasteiger partial charge in [-0.2, -0.15) is 4.31 Å². The third-order valence-corrected chi connectivity index (χ3v) is 5.42. The summed E-state index contributed by atoms with van der Waals surface area (Å²) >= 11 is 0.